The molecule has 21 heavy (non-hydrogen) atoms. The molecule has 2 rings (SSSR count). The largest absolute Gasteiger partial charge is 0.297 e. The Balaban J connectivity index is 1.88. The molecule has 1 aromatic rings. The first kappa shape index (κ1) is 15.9. The fraction of sp³-hybridized carbons (Fsp3) is 0.562. The second-order valence-corrected chi connectivity index (χ2v) is 5.52. The van der Waals surface area contributed by atoms with Crippen molar-refractivity contribution in [3.8, 4) is 6.07 Å². The SMILES string of the molecule is CCCC(C#N)N1CCN(Cc2cc(F)cc(F)c2)CC1. The van der Waals surface area contributed by atoms with Crippen LogP contribution in [0.15, 0.2) is 18.2 Å². The summed E-state index contributed by atoms with van der Waals surface area (Å²) in [5.74, 6) is -1.06. The molecule has 1 unspecified atom stereocenters. The Labute approximate surface area is 124 Å². The number of benzene rings is 1. The quantitative estimate of drug-likeness (QED) is 0.836. The monoisotopic (exact) mass is 293 g/mol. The third kappa shape index (κ3) is 4.48. The molecule has 1 heterocycles. The molecule has 114 valence electrons. The van der Waals surface area contributed by atoms with Gasteiger partial charge < -0.3 is 0 Å². The standard InChI is InChI=1S/C16H21F2N3/c1-2-3-16(11-19)21-6-4-20(5-7-21)12-13-8-14(17)10-15(18)9-13/h8-10,16H,2-7,12H2,1H3. The van der Waals surface area contributed by atoms with E-state index in [-0.39, 0.29) is 6.04 Å². The van der Waals surface area contributed by atoms with Crippen LogP contribution in [0.2, 0.25) is 0 Å². The highest BCUT2D eigenvalue weighted by atomic mass is 19.1. The number of halogens is 2. The van der Waals surface area contributed by atoms with Crippen LogP contribution in [0.4, 0.5) is 8.78 Å². The van der Waals surface area contributed by atoms with Gasteiger partial charge in [-0.05, 0) is 24.1 Å². The third-order valence-electron chi connectivity index (χ3n) is 3.89. The van der Waals surface area contributed by atoms with Crippen molar-refractivity contribution in [2.24, 2.45) is 0 Å². The molecule has 0 amide bonds. The van der Waals surface area contributed by atoms with Crippen LogP contribution in [0, 0.1) is 23.0 Å². The van der Waals surface area contributed by atoms with Gasteiger partial charge in [0.15, 0.2) is 0 Å². The van der Waals surface area contributed by atoms with Crippen molar-refractivity contribution in [3.63, 3.8) is 0 Å². The van der Waals surface area contributed by atoms with Crippen molar-refractivity contribution in [1.82, 2.24) is 9.80 Å². The average molecular weight is 293 g/mol. The number of hydrogen-bond donors (Lipinski definition) is 0. The van der Waals surface area contributed by atoms with E-state index in [0.717, 1.165) is 45.1 Å². The van der Waals surface area contributed by atoms with Crippen LogP contribution in [0.3, 0.4) is 0 Å². The molecular formula is C16H21F2N3. The lowest BCUT2D eigenvalue weighted by molar-refractivity contribution is 0.106. The average Bonchev–Trinajstić information content (AvgIpc) is 2.45. The smallest absolute Gasteiger partial charge is 0.126 e. The van der Waals surface area contributed by atoms with E-state index < -0.39 is 11.6 Å². The molecule has 0 aromatic heterocycles. The Hall–Kier alpha value is -1.51. The molecule has 1 aliphatic heterocycles. The summed E-state index contributed by atoms with van der Waals surface area (Å²) in [4.78, 5) is 4.37. The lowest BCUT2D eigenvalue weighted by atomic mass is 10.1. The Morgan fingerprint density at radius 1 is 1.14 bits per heavy atom. The second kappa shape index (κ2) is 7.48. The highest BCUT2D eigenvalue weighted by molar-refractivity contribution is 5.17. The molecule has 1 aromatic carbocycles. The van der Waals surface area contributed by atoms with Gasteiger partial charge in [-0.15, -0.1) is 0 Å². The molecule has 0 bridgehead atoms. The van der Waals surface area contributed by atoms with Gasteiger partial charge in [-0.3, -0.25) is 9.80 Å². The fourth-order valence-electron chi connectivity index (χ4n) is 2.80. The van der Waals surface area contributed by atoms with E-state index in [4.69, 9.17) is 0 Å². The van der Waals surface area contributed by atoms with Crippen LogP contribution >= 0.6 is 0 Å². The van der Waals surface area contributed by atoms with Crippen molar-refractivity contribution < 1.29 is 8.78 Å². The number of nitriles is 1. The van der Waals surface area contributed by atoms with E-state index >= 15 is 0 Å². The van der Waals surface area contributed by atoms with Gasteiger partial charge in [-0.25, -0.2) is 8.78 Å². The summed E-state index contributed by atoms with van der Waals surface area (Å²) in [6.07, 6.45) is 1.90. The molecule has 0 aliphatic carbocycles. The van der Waals surface area contributed by atoms with Crippen LogP contribution < -0.4 is 0 Å². The maximum absolute atomic E-state index is 13.2. The molecule has 0 saturated carbocycles. The van der Waals surface area contributed by atoms with Crippen LogP contribution in [0.25, 0.3) is 0 Å². The summed E-state index contributed by atoms with van der Waals surface area (Å²) >= 11 is 0. The lowest BCUT2D eigenvalue weighted by Crippen LogP contribution is -2.49. The number of nitrogens with zero attached hydrogens (tertiary/aromatic N) is 3. The van der Waals surface area contributed by atoms with Gasteiger partial charge in [-0.2, -0.15) is 5.26 Å². The van der Waals surface area contributed by atoms with Crippen molar-refractivity contribution in [2.75, 3.05) is 26.2 Å². The van der Waals surface area contributed by atoms with Gasteiger partial charge in [-0.1, -0.05) is 13.3 Å². The van der Waals surface area contributed by atoms with Gasteiger partial charge >= 0.3 is 0 Å². The topological polar surface area (TPSA) is 30.3 Å². The van der Waals surface area contributed by atoms with E-state index in [1.54, 1.807) is 0 Å². The minimum absolute atomic E-state index is 0.0104. The van der Waals surface area contributed by atoms with Gasteiger partial charge in [0.25, 0.3) is 0 Å². The minimum atomic E-state index is -0.531. The zero-order valence-electron chi connectivity index (χ0n) is 12.4. The van der Waals surface area contributed by atoms with Crippen LogP contribution in [0.1, 0.15) is 25.3 Å². The van der Waals surface area contributed by atoms with Crippen LogP contribution in [-0.2, 0) is 6.54 Å². The molecule has 0 N–H and O–H groups in total. The summed E-state index contributed by atoms with van der Waals surface area (Å²) in [5, 5.41) is 9.18. The molecular weight excluding hydrogens is 272 g/mol. The number of rotatable bonds is 5. The molecule has 1 aliphatic rings. The molecule has 5 heteroatoms. The summed E-state index contributed by atoms with van der Waals surface area (Å²) < 4.78 is 26.4. The molecule has 3 nitrogen and oxygen atoms in total. The predicted octanol–water partition coefficient (Wildman–Crippen LogP) is 2.77. The molecule has 0 radical (unpaired) electrons. The highest BCUT2D eigenvalue weighted by Gasteiger charge is 2.23. The van der Waals surface area contributed by atoms with Gasteiger partial charge in [0.05, 0.1) is 12.1 Å². The van der Waals surface area contributed by atoms with Crippen LogP contribution in [-0.4, -0.2) is 42.0 Å². The van der Waals surface area contributed by atoms with E-state index in [9.17, 15) is 14.0 Å². The van der Waals surface area contributed by atoms with E-state index in [0.29, 0.717) is 12.1 Å². The first-order valence-corrected chi connectivity index (χ1v) is 7.43. The zero-order valence-corrected chi connectivity index (χ0v) is 12.4. The Kier molecular flexibility index (Phi) is 5.66. The first-order valence-electron chi connectivity index (χ1n) is 7.43. The highest BCUT2D eigenvalue weighted by Crippen LogP contribution is 2.14. The van der Waals surface area contributed by atoms with Crippen molar-refractivity contribution >= 4 is 0 Å². The Morgan fingerprint density at radius 2 is 1.76 bits per heavy atom. The maximum Gasteiger partial charge on any atom is 0.126 e. The number of piperazine rings is 1. The zero-order chi connectivity index (χ0) is 15.2. The van der Waals surface area contributed by atoms with E-state index in [1.165, 1.54) is 12.1 Å². The lowest BCUT2D eigenvalue weighted by Gasteiger charge is -2.36. The predicted molar refractivity (Wildman–Crippen MR) is 77.5 cm³/mol. The molecule has 1 fully saturated rings. The molecule has 1 saturated heterocycles. The minimum Gasteiger partial charge on any atom is -0.297 e. The molecule has 0 spiro atoms. The number of hydrogen-bond acceptors (Lipinski definition) is 3. The summed E-state index contributed by atoms with van der Waals surface area (Å²) in [7, 11) is 0. The van der Waals surface area contributed by atoms with Crippen molar-refractivity contribution in [2.45, 2.75) is 32.4 Å². The third-order valence-corrected chi connectivity index (χ3v) is 3.89. The van der Waals surface area contributed by atoms with E-state index in [2.05, 4.69) is 22.8 Å². The van der Waals surface area contributed by atoms with Crippen molar-refractivity contribution in [1.29, 1.82) is 5.26 Å². The summed E-state index contributed by atoms with van der Waals surface area (Å²) in [6.45, 7) is 5.93. The maximum atomic E-state index is 13.2. The molecule has 1 atom stereocenters. The first-order chi connectivity index (χ1) is 10.1. The summed E-state index contributed by atoms with van der Waals surface area (Å²) in [6, 6.07) is 6.00. The van der Waals surface area contributed by atoms with Gasteiger partial charge in [0.2, 0.25) is 0 Å². The van der Waals surface area contributed by atoms with Gasteiger partial charge in [0, 0.05) is 38.8 Å². The second-order valence-electron chi connectivity index (χ2n) is 5.52. The van der Waals surface area contributed by atoms with E-state index in [1.807, 2.05) is 0 Å². The van der Waals surface area contributed by atoms with Gasteiger partial charge in [0.1, 0.15) is 11.6 Å². The normalized spacial score (nSPS) is 18.4. The summed E-state index contributed by atoms with van der Waals surface area (Å²) in [5.41, 5.74) is 0.659. The fourth-order valence-corrected chi connectivity index (χ4v) is 2.80. The van der Waals surface area contributed by atoms with Crippen LogP contribution in [0.5, 0.6) is 0 Å². The Bertz CT molecular complexity index is 484. The van der Waals surface area contributed by atoms with Crippen molar-refractivity contribution in [3.05, 3.63) is 35.4 Å². The Morgan fingerprint density at radius 3 is 2.29 bits per heavy atom.